The van der Waals surface area contributed by atoms with Crippen molar-refractivity contribution in [1.82, 2.24) is 9.88 Å². The highest BCUT2D eigenvalue weighted by atomic mass is 19.4. The summed E-state index contributed by atoms with van der Waals surface area (Å²) in [5.41, 5.74) is 0.522. The molecule has 1 aromatic heterocycles. The van der Waals surface area contributed by atoms with E-state index in [1.54, 1.807) is 42.5 Å². The molecule has 10 heteroatoms. The predicted octanol–water partition coefficient (Wildman–Crippen LogP) is 6.26. The van der Waals surface area contributed by atoms with Gasteiger partial charge >= 0.3 is 6.18 Å². The van der Waals surface area contributed by atoms with Crippen molar-refractivity contribution < 1.29 is 27.5 Å². The first-order valence-electron chi connectivity index (χ1n) is 12.9. The highest BCUT2D eigenvalue weighted by Crippen LogP contribution is 2.42. The topological polar surface area (TPSA) is 89.4 Å². The van der Waals surface area contributed by atoms with Gasteiger partial charge in [-0.25, -0.2) is 0 Å². The average Bonchev–Trinajstić information content (AvgIpc) is 2.93. The number of rotatable bonds is 7. The van der Waals surface area contributed by atoms with Gasteiger partial charge in [-0.1, -0.05) is 18.2 Å². The Morgan fingerprint density at radius 1 is 0.829 bits per heavy atom. The number of ether oxygens (including phenoxy) is 1. The van der Waals surface area contributed by atoms with Crippen molar-refractivity contribution >= 4 is 17.5 Å². The summed E-state index contributed by atoms with van der Waals surface area (Å²) in [5, 5.41) is 5.93. The molecule has 210 valence electrons. The first-order valence-corrected chi connectivity index (χ1v) is 12.9. The van der Waals surface area contributed by atoms with E-state index in [4.69, 9.17) is 4.74 Å². The summed E-state index contributed by atoms with van der Waals surface area (Å²) in [5.74, 6) is -0.0486. The van der Waals surface area contributed by atoms with Crippen LogP contribution in [0.3, 0.4) is 0 Å². The molecule has 2 amide bonds. The number of alkyl halides is 3. The van der Waals surface area contributed by atoms with Gasteiger partial charge in [0.15, 0.2) is 0 Å². The number of carbonyl (C=O) groups excluding carboxylic acids is 2. The number of nitrogens with zero attached hydrogens (tertiary/aromatic N) is 1. The highest BCUT2D eigenvalue weighted by molar-refractivity contribution is 6.03. The summed E-state index contributed by atoms with van der Waals surface area (Å²) in [4.78, 5) is 37.6. The summed E-state index contributed by atoms with van der Waals surface area (Å²) in [6.07, 6.45) is -1.97. The zero-order chi connectivity index (χ0) is 29.2. The number of hydrogen-bond acceptors (Lipinski definition) is 4. The number of benzene rings is 3. The van der Waals surface area contributed by atoms with Crippen LogP contribution < -0.4 is 20.9 Å². The van der Waals surface area contributed by atoms with Crippen LogP contribution in [0, 0.1) is 0 Å². The summed E-state index contributed by atoms with van der Waals surface area (Å²) in [6.45, 7) is 0. The van der Waals surface area contributed by atoms with Gasteiger partial charge in [-0.2, -0.15) is 13.2 Å². The molecule has 2 N–H and O–H groups in total. The molecule has 41 heavy (non-hydrogen) atoms. The second-order valence-electron chi connectivity index (χ2n) is 9.88. The lowest BCUT2D eigenvalue weighted by molar-refractivity contribution is -0.137. The minimum atomic E-state index is -4.42. The number of amides is 2. The maximum atomic E-state index is 13.1. The molecule has 0 unspecified atom stereocenters. The Labute approximate surface area is 233 Å². The molecule has 3 aromatic carbocycles. The molecule has 1 heterocycles. The van der Waals surface area contributed by atoms with E-state index in [0.29, 0.717) is 17.0 Å². The molecule has 1 fully saturated rings. The van der Waals surface area contributed by atoms with Crippen LogP contribution in [0.15, 0.2) is 95.8 Å². The van der Waals surface area contributed by atoms with Crippen molar-refractivity contribution in [2.75, 3.05) is 5.32 Å². The molecular weight excluding hydrogens is 535 g/mol. The fourth-order valence-corrected chi connectivity index (χ4v) is 4.69. The van der Waals surface area contributed by atoms with E-state index in [9.17, 15) is 27.6 Å². The SMILES string of the molecule is Cn1c(C(=O)Nc2ccc(C3(NC(=O)c4ccc(Oc5ccc(C(F)(F)F)cc5)cc4)CCC3)cc2)cccc1=O. The fraction of sp³-hybridized carbons (Fsp3) is 0.194. The second kappa shape index (κ2) is 11.0. The maximum absolute atomic E-state index is 13.1. The summed E-state index contributed by atoms with van der Waals surface area (Å²) in [7, 11) is 1.53. The predicted molar refractivity (Wildman–Crippen MR) is 147 cm³/mol. The van der Waals surface area contributed by atoms with Crippen LogP contribution in [-0.2, 0) is 18.8 Å². The van der Waals surface area contributed by atoms with Gasteiger partial charge < -0.3 is 19.9 Å². The van der Waals surface area contributed by atoms with E-state index in [1.807, 2.05) is 12.1 Å². The van der Waals surface area contributed by atoms with Crippen molar-refractivity contribution in [1.29, 1.82) is 0 Å². The molecule has 1 aliphatic carbocycles. The molecule has 0 radical (unpaired) electrons. The number of anilines is 1. The number of aromatic nitrogens is 1. The van der Waals surface area contributed by atoms with Gasteiger partial charge in [-0.15, -0.1) is 0 Å². The number of pyridine rings is 1. The summed E-state index contributed by atoms with van der Waals surface area (Å²) in [6, 6.07) is 22.4. The molecule has 0 spiro atoms. The quantitative estimate of drug-likeness (QED) is 0.279. The number of halogens is 3. The van der Waals surface area contributed by atoms with Crippen LogP contribution in [0.1, 0.15) is 51.2 Å². The van der Waals surface area contributed by atoms with Crippen LogP contribution in [-0.4, -0.2) is 16.4 Å². The molecular formula is C31H26F3N3O4. The first-order chi connectivity index (χ1) is 19.5. The lowest BCUT2D eigenvalue weighted by atomic mass is 9.71. The van der Waals surface area contributed by atoms with Crippen molar-refractivity contribution in [3.05, 3.63) is 124 Å². The Hall–Kier alpha value is -4.86. The molecule has 0 saturated heterocycles. The normalized spacial score (nSPS) is 14.0. The Kier molecular flexibility index (Phi) is 7.40. The zero-order valence-electron chi connectivity index (χ0n) is 22.0. The van der Waals surface area contributed by atoms with E-state index < -0.39 is 23.2 Å². The zero-order valence-corrected chi connectivity index (χ0v) is 22.0. The number of hydrogen-bond donors (Lipinski definition) is 2. The van der Waals surface area contributed by atoms with E-state index in [0.717, 1.165) is 37.0 Å². The van der Waals surface area contributed by atoms with Crippen molar-refractivity contribution in [3.63, 3.8) is 0 Å². The van der Waals surface area contributed by atoms with Gasteiger partial charge in [0.25, 0.3) is 17.4 Å². The Morgan fingerprint density at radius 3 is 2.00 bits per heavy atom. The van der Waals surface area contributed by atoms with Crippen LogP contribution in [0.5, 0.6) is 11.5 Å². The van der Waals surface area contributed by atoms with Crippen LogP contribution in [0.25, 0.3) is 0 Å². The molecule has 0 bridgehead atoms. The average molecular weight is 562 g/mol. The standard InChI is InChI=1S/C31H26F3N3O4/c1-37-26(4-2-5-27(37)38)29(40)35-23-12-8-21(9-13-23)30(18-3-19-30)36-28(39)20-6-14-24(15-7-20)41-25-16-10-22(11-17-25)31(32,33)34/h2,4-17H,3,18-19H2,1H3,(H,35,40)(H,36,39). The van der Waals surface area contributed by atoms with Crippen molar-refractivity contribution in [2.45, 2.75) is 31.0 Å². The van der Waals surface area contributed by atoms with E-state index in [-0.39, 0.29) is 22.9 Å². The second-order valence-corrected chi connectivity index (χ2v) is 9.88. The van der Waals surface area contributed by atoms with Crippen molar-refractivity contribution in [3.8, 4) is 11.5 Å². The summed E-state index contributed by atoms with van der Waals surface area (Å²) >= 11 is 0. The first kappa shape index (κ1) is 27.7. The van der Waals surface area contributed by atoms with E-state index in [1.165, 1.54) is 35.9 Å². The van der Waals surface area contributed by atoms with Crippen LogP contribution in [0.2, 0.25) is 0 Å². The van der Waals surface area contributed by atoms with E-state index >= 15 is 0 Å². The van der Waals surface area contributed by atoms with Crippen LogP contribution >= 0.6 is 0 Å². The van der Waals surface area contributed by atoms with E-state index in [2.05, 4.69) is 10.6 Å². The molecule has 1 saturated carbocycles. The third-order valence-corrected chi connectivity index (χ3v) is 7.21. The Bertz CT molecular complexity index is 1620. The van der Waals surface area contributed by atoms with Gasteiger partial charge in [-0.05, 0) is 91.6 Å². The maximum Gasteiger partial charge on any atom is 0.416 e. The summed E-state index contributed by atoms with van der Waals surface area (Å²) < 4.78 is 45.2. The minimum absolute atomic E-state index is 0.236. The number of carbonyl (C=O) groups is 2. The molecule has 1 aliphatic rings. The molecule has 5 rings (SSSR count). The van der Waals surface area contributed by atoms with Gasteiger partial charge in [0, 0.05) is 24.4 Å². The molecule has 7 nitrogen and oxygen atoms in total. The monoisotopic (exact) mass is 561 g/mol. The van der Waals surface area contributed by atoms with Crippen molar-refractivity contribution in [2.24, 2.45) is 7.05 Å². The molecule has 0 atom stereocenters. The third-order valence-electron chi connectivity index (χ3n) is 7.21. The minimum Gasteiger partial charge on any atom is -0.457 e. The number of nitrogens with one attached hydrogen (secondary N) is 2. The van der Waals surface area contributed by atoms with Gasteiger partial charge in [-0.3, -0.25) is 14.4 Å². The molecule has 4 aromatic rings. The lowest BCUT2D eigenvalue weighted by Crippen LogP contribution is -2.50. The third kappa shape index (κ3) is 6.01. The fourth-order valence-electron chi connectivity index (χ4n) is 4.69. The van der Waals surface area contributed by atoms with Gasteiger partial charge in [0.2, 0.25) is 0 Å². The highest BCUT2D eigenvalue weighted by Gasteiger charge is 2.40. The smallest absolute Gasteiger partial charge is 0.416 e. The molecule has 0 aliphatic heterocycles. The van der Waals surface area contributed by atoms with Crippen LogP contribution in [0.4, 0.5) is 18.9 Å². The van der Waals surface area contributed by atoms with Gasteiger partial charge in [0.1, 0.15) is 17.2 Å². The Morgan fingerprint density at radius 2 is 1.44 bits per heavy atom. The Balaban J connectivity index is 1.23. The largest absolute Gasteiger partial charge is 0.457 e. The van der Waals surface area contributed by atoms with Gasteiger partial charge in [0.05, 0.1) is 11.1 Å². The lowest BCUT2D eigenvalue weighted by Gasteiger charge is -2.43.